The van der Waals surface area contributed by atoms with Gasteiger partial charge in [0.15, 0.2) is 0 Å². The van der Waals surface area contributed by atoms with Crippen LogP contribution in [0.25, 0.3) is 0 Å². The molecule has 0 aliphatic heterocycles. The predicted molar refractivity (Wildman–Crippen MR) is 86.4 cm³/mol. The molecule has 0 heterocycles. The van der Waals surface area contributed by atoms with Gasteiger partial charge in [0.2, 0.25) is 5.91 Å². The van der Waals surface area contributed by atoms with Gasteiger partial charge in [-0.3, -0.25) is 9.69 Å². The molecule has 0 saturated carbocycles. The Hall–Kier alpha value is -1.75. The molecule has 0 bridgehead atoms. The number of carbonyl (C=O) groups is 1. The smallest absolute Gasteiger partial charge is 0.236 e. The van der Waals surface area contributed by atoms with E-state index in [1.807, 2.05) is 24.3 Å². The lowest BCUT2D eigenvalue weighted by Gasteiger charge is -2.22. The molecule has 0 spiro atoms. The number of nitrogen functional groups attached to an aromatic ring is 1. The minimum atomic E-state index is 0.142. The van der Waals surface area contributed by atoms with Gasteiger partial charge in [-0.1, -0.05) is 6.92 Å². The first-order valence-electron chi connectivity index (χ1n) is 7.43. The van der Waals surface area contributed by atoms with Gasteiger partial charge in [-0.25, -0.2) is 0 Å². The van der Waals surface area contributed by atoms with Gasteiger partial charge in [-0.05, 0) is 43.7 Å². The lowest BCUT2D eigenvalue weighted by molar-refractivity contribution is -0.129. The molecule has 5 heteroatoms. The van der Waals surface area contributed by atoms with E-state index in [2.05, 4.69) is 11.8 Å². The SMILES string of the molecule is CCCN(CCCOc1ccc(N)cc1)CC(=O)N(C)C. The Morgan fingerprint density at radius 3 is 2.43 bits per heavy atom. The second-order valence-electron chi connectivity index (χ2n) is 5.34. The average molecular weight is 293 g/mol. The van der Waals surface area contributed by atoms with E-state index in [1.165, 1.54) is 0 Å². The zero-order valence-corrected chi connectivity index (χ0v) is 13.3. The highest BCUT2D eigenvalue weighted by Gasteiger charge is 2.11. The zero-order chi connectivity index (χ0) is 15.7. The highest BCUT2D eigenvalue weighted by atomic mass is 16.5. The maximum absolute atomic E-state index is 11.8. The summed E-state index contributed by atoms with van der Waals surface area (Å²) < 4.78 is 5.66. The highest BCUT2D eigenvalue weighted by molar-refractivity contribution is 5.77. The zero-order valence-electron chi connectivity index (χ0n) is 13.3. The van der Waals surface area contributed by atoms with Crippen molar-refractivity contribution in [2.45, 2.75) is 19.8 Å². The van der Waals surface area contributed by atoms with Crippen LogP contribution in [0.4, 0.5) is 5.69 Å². The van der Waals surface area contributed by atoms with Crippen molar-refractivity contribution in [3.63, 3.8) is 0 Å². The van der Waals surface area contributed by atoms with E-state index in [-0.39, 0.29) is 5.91 Å². The Balaban J connectivity index is 2.29. The number of ether oxygens (including phenoxy) is 1. The molecule has 2 N–H and O–H groups in total. The van der Waals surface area contributed by atoms with Gasteiger partial charge in [0.05, 0.1) is 13.2 Å². The minimum absolute atomic E-state index is 0.142. The molecule has 1 rings (SSSR count). The maximum atomic E-state index is 11.8. The van der Waals surface area contributed by atoms with Gasteiger partial charge in [0, 0.05) is 26.3 Å². The molecule has 1 amide bonds. The summed E-state index contributed by atoms with van der Waals surface area (Å²) in [6.07, 6.45) is 1.94. The third-order valence-corrected chi connectivity index (χ3v) is 3.17. The molecule has 0 saturated heterocycles. The molecule has 0 atom stereocenters. The molecule has 1 aromatic carbocycles. The Labute approximate surface area is 127 Å². The number of anilines is 1. The second kappa shape index (κ2) is 9.23. The van der Waals surface area contributed by atoms with E-state index in [4.69, 9.17) is 10.5 Å². The van der Waals surface area contributed by atoms with Gasteiger partial charge in [0.25, 0.3) is 0 Å². The first kappa shape index (κ1) is 17.3. The maximum Gasteiger partial charge on any atom is 0.236 e. The number of hydrogen-bond acceptors (Lipinski definition) is 4. The summed E-state index contributed by atoms with van der Waals surface area (Å²) in [6, 6.07) is 7.40. The van der Waals surface area contributed by atoms with Gasteiger partial charge in [-0.15, -0.1) is 0 Å². The molecule has 0 unspecified atom stereocenters. The molecule has 5 nitrogen and oxygen atoms in total. The molecule has 0 aliphatic carbocycles. The standard InChI is InChI=1S/C16H27N3O2/c1-4-10-19(13-16(20)18(2)3)11-5-12-21-15-8-6-14(17)7-9-15/h6-9H,4-5,10-13,17H2,1-3H3. The molecule has 118 valence electrons. The fourth-order valence-corrected chi connectivity index (χ4v) is 1.96. The lowest BCUT2D eigenvalue weighted by Crippen LogP contribution is -2.37. The third-order valence-electron chi connectivity index (χ3n) is 3.17. The van der Waals surface area contributed by atoms with E-state index in [0.717, 1.165) is 37.4 Å². The van der Waals surface area contributed by atoms with Crippen molar-refractivity contribution in [1.82, 2.24) is 9.80 Å². The summed E-state index contributed by atoms with van der Waals surface area (Å²) >= 11 is 0. The predicted octanol–water partition coefficient (Wildman–Crippen LogP) is 1.84. The Bertz CT molecular complexity index is 418. The van der Waals surface area contributed by atoms with Crippen LogP contribution in [0.5, 0.6) is 5.75 Å². The van der Waals surface area contributed by atoms with Crippen molar-refractivity contribution in [1.29, 1.82) is 0 Å². The quantitative estimate of drug-likeness (QED) is 0.557. The second-order valence-corrected chi connectivity index (χ2v) is 5.34. The molecule has 0 radical (unpaired) electrons. The summed E-state index contributed by atoms with van der Waals surface area (Å²) in [6.45, 7) is 5.03. The van der Waals surface area contributed by atoms with E-state index in [0.29, 0.717) is 13.2 Å². The van der Waals surface area contributed by atoms with Crippen LogP contribution in [-0.4, -0.2) is 56.0 Å². The van der Waals surface area contributed by atoms with E-state index < -0.39 is 0 Å². The monoisotopic (exact) mass is 293 g/mol. The summed E-state index contributed by atoms with van der Waals surface area (Å²) in [5.41, 5.74) is 6.36. The van der Waals surface area contributed by atoms with Crippen molar-refractivity contribution in [2.24, 2.45) is 0 Å². The fraction of sp³-hybridized carbons (Fsp3) is 0.562. The summed E-state index contributed by atoms with van der Waals surface area (Å²) in [7, 11) is 3.58. The summed E-state index contributed by atoms with van der Waals surface area (Å²) in [5.74, 6) is 0.971. The van der Waals surface area contributed by atoms with Crippen LogP contribution < -0.4 is 10.5 Å². The number of amides is 1. The van der Waals surface area contributed by atoms with E-state index in [9.17, 15) is 4.79 Å². The van der Waals surface area contributed by atoms with Crippen molar-refractivity contribution in [3.8, 4) is 5.75 Å². The van der Waals surface area contributed by atoms with Crippen molar-refractivity contribution < 1.29 is 9.53 Å². The third kappa shape index (κ3) is 6.99. The van der Waals surface area contributed by atoms with Crippen LogP contribution in [0.15, 0.2) is 24.3 Å². The minimum Gasteiger partial charge on any atom is -0.494 e. The Morgan fingerprint density at radius 2 is 1.86 bits per heavy atom. The number of rotatable bonds is 9. The highest BCUT2D eigenvalue weighted by Crippen LogP contribution is 2.13. The van der Waals surface area contributed by atoms with Crippen LogP contribution in [0.2, 0.25) is 0 Å². The molecule has 1 aromatic rings. The number of nitrogens with two attached hydrogens (primary N) is 1. The Morgan fingerprint density at radius 1 is 1.19 bits per heavy atom. The molecule has 21 heavy (non-hydrogen) atoms. The number of carbonyl (C=O) groups excluding carboxylic acids is 1. The largest absolute Gasteiger partial charge is 0.494 e. The van der Waals surface area contributed by atoms with Crippen LogP contribution in [-0.2, 0) is 4.79 Å². The number of likely N-dealkylation sites (N-methyl/N-ethyl adjacent to an activating group) is 1. The number of hydrogen-bond donors (Lipinski definition) is 1. The van der Waals surface area contributed by atoms with Gasteiger partial charge < -0.3 is 15.4 Å². The molecule has 0 aliphatic rings. The number of nitrogens with zero attached hydrogens (tertiary/aromatic N) is 2. The van der Waals surface area contributed by atoms with Crippen molar-refractivity contribution >= 4 is 11.6 Å². The molecular weight excluding hydrogens is 266 g/mol. The van der Waals surface area contributed by atoms with Gasteiger partial charge in [0.1, 0.15) is 5.75 Å². The Kier molecular flexibility index (Phi) is 7.61. The lowest BCUT2D eigenvalue weighted by atomic mass is 10.3. The van der Waals surface area contributed by atoms with Crippen LogP contribution in [0, 0.1) is 0 Å². The fourth-order valence-electron chi connectivity index (χ4n) is 1.96. The molecule has 0 fully saturated rings. The molecule has 0 aromatic heterocycles. The summed E-state index contributed by atoms with van der Waals surface area (Å²) in [5, 5.41) is 0. The average Bonchev–Trinajstić information content (AvgIpc) is 2.45. The first-order chi connectivity index (χ1) is 10.0. The van der Waals surface area contributed by atoms with Crippen LogP contribution in [0.1, 0.15) is 19.8 Å². The van der Waals surface area contributed by atoms with Crippen LogP contribution >= 0.6 is 0 Å². The van der Waals surface area contributed by atoms with Gasteiger partial charge in [-0.2, -0.15) is 0 Å². The first-order valence-corrected chi connectivity index (χ1v) is 7.43. The normalized spacial score (nSPS) is 10.7. The molecular formula is C16H27N3O2. The van der Waals surface area contributed by atoms with E-state index in [1.54, 1.807) is 19.0 Å². The number of benzene rings is 1. The topological polar surface area (TPSA) is 58.8 Å². The summed E-state index contributed by atoms with van der Waals surface area (Å²) in [4.78, 5) is 15.6. The van der Waals surface area contributed by atoms with E-state index >= 15 is 0 Å². The van der Waals surface area contributed by atoms with Gasteiger partial charge >= 0.3 is 0 Å². The van der Waals surface area contributed by atoms with Crippen molar-refractivity contribution in [3.05, 3.63) is 24.3 Å². The van der Waals surface area contributed by atoms with Crippen LogP contribution in [0.3, 0.4) is 0 Å². The van der Waals surface area contributed by atoms with Crippen molar-refractivity contribution in [2.75, 3.05) is 46.1 Å².